The highest BCUT2D eigenvalue weighted by Gasteiger charge is 2.34. The Morgan fingerprint density at radius 3 is 2.26 bits per heavy atom. The summed E-state index contributed by atoms with van der Waals surface area (Å²) >= 11 is 0. The van der Waals surface area contributed by atoms with Gasteiger partial charge in [0.2, 0.25) is 11.8 Å². The molecule has 106 valence electrons. The fourth-order valence-corrected chi connectivity index (χ4v) is 2.67. The first kappa shape index (κ1) is 14.1. The van der Waals surface area contributed by atoms with E-state index in [0.29, 0.717) is 23.7 Å². The van der Waals surface area contributed by atoms with Gasteiger partial charge in [-0.2, -0.15) is 0 Å². The first-order valence-electron chi connectivity index (χ1n) is 6.87. The minimum absolute atomic E-state index is 0.496. The van der Waals surface area contributed by atoms with Crippen LogP contribution in [0.15, 0.2) is 6.33 Å². The number of nitrogens with one attached hydrogen (secondary N) is 1. The smallest absolute Gasteiger partial charge is 0.224 e. The third-order valence-corrected chi connectivity index (χ3v) is 4.22. The van der Waals surface area contributed by atoms with Crippen LogP contribution in [0.2, 0.25) is 0 Å². The second-order valence-electron chi connectivity index (χ2n) is 5.18. The molecule has 5 nitrogen and oxygen atoms in total. The molecule has 1 aliphatic carbocycles. The number of methoxy groups -OCH3 is 2. The average Bonchev–Trinajstić information content (AvgIpc) is 2.41. The number of nitrogens with zero attached hydrogens (tertiary/aromatic N) is 2. The zero-order chi connectivity index (χ0) is 13.7. The van der Waals surface area contributed by atoms with Crippen molar-refractivity contribution in [2.45, 2.75) is 39.2 Å². The minimum atomic E-state index is 0.496. The molecule has 0 radical (unpaired) electrons. The number of hydrogen-bond acceptors (Lipinski definition) is 5. The van der Waals surface area contributed by atoms with Crippen LogP contribution in [0.3, 0.4) is 0 Å². The molecule has 0 unspecified atom stereocenters. The molecule has 1 aliphatic rings. The molecule has 1 aromatic heterocycles. The van der Waals surface area contributed by atoms with E-state index in [4.69, 9.17) is 9.47 Å². The monoisotopic (exact) mass is 265 g/mol. The molecule has 0 aromatic carbocycles. The van der Waals surface area contributed by atoms with Crippen molar-refractivity contribution in [1.29, 1.82) is 0 Å². The Balaban J connectivity index is 1.98. The molecule has 1 saturated carbocycles. The predicted molar refractivity (Wildman–Crippen MR) is 73.4 cm³/mol. The highest BCUT2D eigenvalue weighted by molar-refractivity contribution is 5.34. The van der Waals surface area contributed by atoms with Gasteiger partial charge in [0.05, 0.1) is 19.8 Å². The molecular weight excluding hydrogens is 242 g/mol. The van der Waals surface area contributed by atoms with Gasteiger partial charge in [-0.3, -0.25) is 0 Å². The molecule has 0 amide bonds. The van der Waals surface area contributed by atoms with Crippen molar-refractivity contribution < 1.29 is 9.47 Å². The summed E-state index contributed by atoms with van der Waals surface area (Å²) in [5.41, 5.74) is 1.38. The third-order valence-electron chi connectivity index (χ3n) is 4.22. The number of hydrogen-bond donors (Lipinski definition) is 1. The summed E-state index contributed by atoms with van der Waals surface area (Å²) in [4.78, 5) is 8.24. The highest BCUT2D eigenvalue weighted by Crippen LogP contribution is 2.43. The molecule has 1 fully saturated rings. The van der Waals surface area contributed by atoms with Crippen LogP contribution in [0, 0.1) is 5.41 Å². The molecule has 1 heterocycles. The first-order chi connectivity index (χ1) is 9.24. The van der Waals surface area contributed by atoms with Gasteiger partial charge in [0.15, 0.2) is 0 Å². The summed E-state index contributed by atoms with van der Waals surface area (Å²) in [7, 11) is 3.23. The van der Waals surface area contributed by atoms with Crippen molar-refractivity contribution in [3.63, 3.8) is 0 Å². The summed E-state index contributed by atoms with van der Waals surface area (Å²) in [5, 5.41) is 3.50. The molecule has 0 aliphatic heterocycles. The Kier molecular flexibility index (Phi) is 4.58. The summed E-state index contributed by atoms with van der Waals surface area (Å²) in [5.74, 6) is 1.16. The number of ether oxygens (including phenoxy) is 2. The summed E-state index contributed by atoms with van der Waals surface area (Å²) < 4.78 is 10.5. The normalized spacial score (nSPS) is 16.8. The average molecular weight is 265 g/mol. The maximum atomic E-state index is 5.27. The van der Waals surface area contributed by atoms with Gasteiger partial charge in [0.25, 0.3) is 0 Å². The van der Waals surface area contributed by atoms with Crippen LogP contribution in [-0.2, 0) is 6.54 Å². The Morgan fingerprint density at radius 2 is 1.84 bits per heavy atom. The van der Waals surface area contributed by atoms with E-state index in [0.717, 1.165) is 12.1 Å². The molecular formula is C14H23N3O2. The van der Waals surface area contributed by atoms with Gasteiger partial charge in [-0.25, -0.2) is 9.97 Å². The van der Waals surface area contributed by atoms with E-state index < -0.39 is 0 Å². The summed E-state index contributed by atoms with van der Waals surface area (Å²) in [6.45, 7) is 3.98. The fraction of sp³-hybridized carbons (Fsp3) is 0.714. The first-order valence-corrected chi connectivity index (χ1v) is 6.87. The Hall–Kier alpha value is -1.36. The molecule has 1 N–H and O–H groups in total. The van der Waals surface area contributed by atoms with Gasteiger partial charge in [-0.15, -0.1) is 0 Å². The summed E-state index contributed by atoms with van der Waals surface area (Å²) in [6, 6.07) is 0. The molecule has 0 spiro atoms. The lowest BCUT2D eigenvalue weighted by Crippen LogP contribution is -2.39. The molecule has 0 saturated heterocycles. The van der Waals surface area contributed by atoms with E-state index in [-0.39, 0.29) is 0 Å². The van der Waals surface area contributed by atoms with E-state index in [1.165, 1.54) is 32.0 Å². The lowest BCUT2D eigenvalue weighted by molar-refractivity contribution is 0.123. The van der Waals surface area contributed by atoms with Gasteiger partial charge in [-0.1, -0.05) is 13.3 Å². The van der Waals surface area contributed by atoms with Gasteiger partial charge >= 0.3 is 0 Å². The van der Waals surface area contributed by atoms with Gasteiger partial charge in [0, 0.05) is 13.1 Å². The topological polar surface area (TPSA) is 56.3 Å². The largest absolute Gasteiger partial charge is 0.481 e. The van der Waals surface area contributed by atoms with Crippen molar-refractivity contribution in [2.75, 3.05) is 20.8 Å². The van der Waals surface area contributed by atoms with Crippen LogP contribution in [0.1, 0.15) is 38.2 Å². The van der Waals surface area contributed by atoms with E-state index in [1.54, 1.807) is 14.2 Å². The second kappa shape index (κ2) is 6.19. The van der Waals surface area contributed by atoms with Crippen LogP contribution < -0.4 is 14.8 Å². The van der Waals surface area contributed by atoms with E-state index in [1.807, 2.05) is 0 Å². The SMILES string of the molecule is CCC1(CNCc2c(OC)ncnc2OC)CCC1. The molecule has 19 heavy (non-hydrogen) atoms. The molecule has 1 aromatic rings. The quantitative estimate of drug-likeness (QED) is 0.818. The zero-order valence-electron chi connectivity index (χ0n) is 12.0. The van der Waals surface area contributed by atoms with Crippen molar-refractivity contribution in [1.82, 2.24) is 15.3 Å². The molecule has 0 bridgehead atoms. The van der Waals surface area contributed by atoms with Gasteiger partial charge in [0.1, 0.15) is 6.33 Å². The van der Waals surface area contributed by atoms with Crippen LogP contribution in [0.5, 0.6) is 11.8 Å². The van der Waals surface area contributed by atoms with E-state index in [9.17, 15) is 0 Å². The molecule has 5 heteroatoms. The van der Waals surface area contributed by atoms with Crippen LogP contribution in [-0.4, -0.2) is 30.7 Å². The fourth-order valence-electron chi connectivity index (χ4n) is 2.67. The highest BCUT2D eigenvalue weighted by atomic mass is 16.5. The van der Waals surface area contributed by atoms with Crippen LogP contribution in [0.4, 0.5) is 0 Å². The minimum Gasteiger partial charge on any atom is -0.481 e. The van der Waals surface area contributed by atoms with Crippen molar-refractivity contribution >= 4 is 0 Å². The van der Waals surface area contributed by atoms with Crippen molar-refractivity contribution in [3.8, 4) is 11.8 Å². The maximum absolute atomic E-state index is 5.27. The van der Waals surface area contributed by atoms with Crippen molar-refractivity contribution in [2.24, 2.45) is 5.41 Å². The standard InChI is InChI=1S/C14H23N3O2/c1-4-14(6-5-7-14)9-15-8-11-12(18-2)16-10-17-13(11)19-3/h10,15H,4-9H2,1-3H3. The van der Waals surface area contributed by atoms with Gasteiger partial charge in [-0.05, 0) is 24.7 Å². The van der Waals surface area contributed by atoms with Crippen LogP contribution >= 0.6 is 0 Å². The lowest BCUT2D eigenvalue weighted by Gasteiger charge is -2.41. The Bertz CT molecular complexity index is 391. The number of rotatable bonds is 7. The summed E-state index contributed by atoms with van der Waals surface area (Å²) in [6.07, 6.45) is 6.71. The second-order valence-corrected chi connectivity index (χ2v) is 5.18. The van der Waals surface area contributed by atoms with Crippen molar-refractivity contribution in [3.05, 3.63) is 11.9 Å². The predicted octanol–water partition coefficient (Wildman–Crippen LogP) is 2.16. The lowest BCUT2D eigenvalue weighted by atomic mass is 9.67. The zero-order valence-corrected chi connectivity index (χ0v) is 12.0. The maximum Gasteiger partial charge on any atom is 0.224 e. The van der Waals surface area contributed by atoms with E-state index in [2.05, 4.69) is 22.2 Å². The van der Waals surface area contributed by atoms with Gasteiger partial charge < -0.3 is 14.8 Å². The van der Waals surface area contributed by atoms with E-state index >= 15 is 0 Å². The molecule has 2 rings (SSSR count). The molecule has 0 atom stereocenters. The Morgan fingerprint density at radius 1 is 1.21 bits per heavy atom. The Labute approximate surface area is 114 Å². The van der Waals surface area contributed by atoms with Crippen LogP contribution in [0.25, 0.3) is 0 Å². The number of aromatic nitrogens is 2. The third kappa shape index (κ3) is 2.97.